The minimum Gasteiger partial charge on any atom is -0.451 e. The van der Waals surface area contributed by atoms with Crippen molar-refractivity contribution in [3.63, 3.8) is 0 Å². The summed E-state index contributed by atoms with van der Waals surface area (Å²) in [5.74, 6) is 0.445. The molecule has 0 radical (unpaired) electrons. The molecule has 1 saturated heterocycles. The van der Waals surface area contributed by atoms with Gasteiger partial charge in [-0.15, -0.1) is 11.8 Å². The number of allylic oxidation sites excluding steroid dienone is 2. The number of morpholine rings is 1. The smallest absolute Gasteiger partial charge is 0.451 e. The molecule has 4 heterocycles. The van der Waals surface area contributed by atoms with Crippen LogP contribution >= 0.6 is 11.8 Å². The van der Waals surface area contributed by atoms with Crippen LogP contribution in [0.5, 0.6) is 5.75 Å². The highest BCUT2D eigenvalue weighted by Gasteiger charge is 2.56. The van der Waals surface area contributed by atoms with Crippen molar-refractivity contribution in [3.05, 3.63) is 81.8 Å². The topological polar surface area (TPSA) is 99.5 Å². The van der Waals surface area contributed by atoms with E-state index in [0.717, 1.165) is 24.2 Å². The Kier molecular flexibility index (Phi) is 5.74. The molecule has 1 spiro atoms. The van der Waals surface area contributed by atoms with E-state index in [1.165, 1.54) is 23.6 Å². The maximum absolute atomic E-state index is 14.1. The number of nitrogens with zero attached hydrogens (tertiary/aromatic N) is 3. The molecule has 10 nitrogen and oxygen atoms in total. The highest BCUT2D eigenvalue weighted by molar-refractivity contribution is 7.99. The number of benzene rings is 1. The van der Waals surface area contributed by atoms with Crippen molar-refractivity contribution in [1.29, 1.82) is 0 Å². The fourth-order valence-electron chi connectivity index (χ4n) is 6.01. The van der Waals surface area contributed by atoms with Crippen LogP contribution in [0.15, 0.2) is 70.0 Å². The van der Waals surface area contributed by atoms with Gasteiger partial charge in [0.05, 0.1) is 31.9 Å². The monoisotopic (exact) mass is 549 g/mol. The third-order valence-corrected chi connectivity index (χ3v) is 9.24. The molecule has 7 rings (SSSR count). The van der Waals surface area contributed by atoms with Crippen LogP contribution in [0.25, 0.3) is 0 Å². The number of carbonyl (C=O) groups excluding carboxylic acids is 2. The highest BCUT2D eigenvalue weighted by Crippen LogP contribution is 2.50. The number of thioether (sulfide) groups is 1. The molecule has 3 atom stereocenters. The molecular formula is C28H27N3O7S. The van der Waals surface area contributed by atoms with Gasteiger partial charge < -0.3 is 23.8 Å². The number of rotatable bonds is 4. The molecule has 1 aromatic heterocycles. The van der Waals surface area contributed by atoms with Crippen molar-refractivity contribution >= 4 is 23.8 Å². The molecule has 2 fully saturated rings. The summed E-state index contributed by atoms with van der Waals surface area (Å²) in [6, 6.07) is 9.54. The normalized spacial score (nSPS) is 25.6. The van der Waals surface area contributed by atoms with Gasteiger partial charge in [0.1, 0.15) is 6.17 Å². The summed E-state index contributed by atoms with van der Waals surface area (Å²) in [5, 5.41) is 2.16. The van der Waals surface area contributed by atoms with Crippen LogP contribution < -0.4 is 15.2 Å². The van der Waals surface area contributed by atoms with E-state index < -0.39 is 24.5 Å². The van der Waals surface area contributed by atoms with Gasteiger partial charge in [0, 0.05) is 28.8 Å². The minimum atomic E-state index is -0.948. The summed E-state index contributed by atoms with van der Waals surface area (Å²) >= 11 is 1.81. The molecule has 2 aromatic rings. The first-order valence-corrected chi connectivity index (χ1v) is 13.9. The predicted molar refractivity (Wildman–Crippen MR) is 141 cm³/mol. The van der Waals surface area contributed by atoms with Crippen molar-refractivity contribution in [2.45, 2.75) is 35.5 Å². The number of hydrogen-bond donors (Lipinski definition) is 0. The molecule has 1 amide bonds. The SMILES string of the molecule is COC(=O)OCOc1c2n(ccc1=O)N([C@@H]1c3ccccc3SCC3=CC=CC31)[C@@H]1COC3(CC3)CN1C2=O. The van der Waals surface area contributed by atoms with Gasteiger partial charge in [0.15, 0.2) is 5.69 Å². The van der Waals surface area contributed by atoms with Crippen LogP contribution in [0.1, 0.15) is 34.9 Å². The zero-order valence-electron chi connectivity index (χ0n) is 21.3. The number of pyridine rings is 1. The van der Waals surface area contributed by atoms with Gasteiger partial charge in [0.2, 0.25) is 18.0 Å². The quantitative estimate of drug-likeness (QED) is 0.421. The summed E-state index contributed by atoms with van der Waals surface area (Å²) in [7, 11) is 1.18. The number of fused-ring (bicyclic) bond motifs is 4. The first-order chi connectivity index (χ1) is 19.0. The van der Waals surface area contributed by atoms with E-state index >= 15 is 0 Å². The molecule has 11 heteroatoms. The second-order valence-corrected chi connectivity index (χ2v) is 11.3. The average molecular weight is 550 g/mol. The lowest BCUT2D eigenvalue weighted by molar-refractivity contribution is -0.0808. The van der Waals surface area contributed by atoms with Gasteiger partial charge >= 0.3 is 6.16 Å². The molecule has 2 aliphatic carbocycles. The number of amides is 1. The van der Waals surface area contributed by atoms with E-state index in [0.29, 0.717) is 13.2 Å². The van der Waals surface area contributed by atoms with Gasteiger partial charge in [0.25, 0.3) is 5.91 Å². The second-order valence-electron chi connectivity index (χ2n) is 10.3. The summed E-state index contributed by atoms with van der Waals surface area (Å²) < 4.78 is 23.1. The Hall–Kier alpha value is -3.70. The Morgan fingerprint density at radius 2 is 2.05 bits per heavy atom. The Labute approximate surface area is 228 Å². The predicted octanol–water partition coefficient (Wildman–Crippen LogP) is 3.21. The minimum absolute atomic E-state index is 0.0623. The molecule has 3 aliphatic heterocycles. The first kappa shape index (κ1) is 24.3. The van der Waals surface area contributed by atoms with Crippen LogP contribution in [0.4, 0.5) is 4.79 Å². The second kappa shape index (κ2) is 9.20. The van der Waals surface area contributed by atoms with E-state index in [1.54, 1.807) is 22.6 Å². The Morgan fingerprint density at radius 3 is 2.87 bits per heavy atom. The molecule has 1 aromatic carbocycles. The van der Waals surface area contributed by atoms with Crippen LogP contribution in [-0.4, -0.2) is 66.2 Å². The van der Waals surface area contributed by atoms with Crippen LogP contribution in [0, 0.1) is 5.92 Å². The van der Waals surface area contributed by atoms with E-state index in [4.69, 9.17) is 14.2 Å². The van der Waals surface area contributed by atoms with Crippen molar-refractivity contribution in [2.75, 3.05) is 37.8 Å². The Balaban J connectivity index is 1.39. The van der Waals surface area contributed by atoms with Gasteiger partial charge in [-0.25, -0.2) is 4.79 Å². The molecular weight excluding hydrogens is 522 g/mol. The summed E-state index contributed by atoms with van der Waals surface area (Å²) in [6.45, 7) is 0.213. The summed E-state index contributed by atoms with van der Waals surface area (Å²) in [4.78, 5) is 41.7. The van der Waals surface area contributed by atoms with Gasteiger partial charge in [-0.05, 0) is 24.5 Å². The molecule has 39 heavy (non-hydrogen) atoms. The van der Waals surface area contributed by atoms with E-state index in [9.17, 15) is 14.4 Å². The van der Waals surface area contributed by atoms with Crippen molar-refractivity contribution in [2.24, 2.45) is 5.92 Å². The third kappa shape index (κ3) is 3.94. The number of aromatic nitrogens is 1. The lowest BCUT2D eigenvalue weighted by Crippen LogP contribution is -2.68. The van der Waals surface area contributed by atoms with Crippen LogP contribution in [0.3, 0.4) is 0 Å². The third-order valence-electron chi connectivity index (χ3n) is 8.08. The number of methoxy groups -OCH3 is 1. The average Bonchev–Trinajstić information content (AvgIpc) is 3.58. The zero-order valence-corrected chi connectivity index (χ0v) is 22.1. The van der Waals surface area contributed by atoms with E-state index in [2.05, 4.69) is 40.1 Å². The summed E-state index contributed by atoms with van der Waals surface area (Å²) in [6.07, 6.45) is 8.54. The molecule has 1 unspecified atom stereocenters. The molecule has 5 aliphatic rings. The Bertz CT molecular complexity index is 1480. The van der Waals surface area contributed by atoms with Gasteiger partial charge in [-0.1, -0.05) is 42.0 Å². The Morgan fingerprint density at radius 1 is 1.21 bits per heavy atom. The molecule has 202 valence electrons. The molecule has 1 saturated carbocycles. The van der Waals surface area contributed by atoms with Crippen molar-refractivity contribution < 1.29 is 28.5 Å². The first-order valence-electron chi connectivity index (χ1n) is 12.9. The lowest BCUT2D eigenvalue weighted by Gasteiger charge is -2.53. The van der Waals surface area contributed by atoms with E-state index in [1.807, 2.05) is 17.0 Å². The zero-order chi connectivity index (χ0) is 26.7. The van der Waals surface area contributed by atoms with Gasteiger partial charge in [-0.2, -0.15) is 0 Å². The standard InChI is InChI=1S/C28H27N3O7S/c1-35-27(34)37-16-36-25-20(32)9-12-30-24(25)26(33)29-15-28(10-11-28)38-13-22(29)31(30)23-18-7-4-5-17(18)14-39-21-8-3-2-6-19(21)23/h2-9,12,18,22-23H,10-11,13-16H2,1H3/t18?,22-,23+/m1/s1. The van der Waals surface area contributed by atoms with Crippen LogP contribution in [0.2, 0.25) is 0 Å². The number of ether oxygens (including phenoxy) is 4. The van der Waals surface area contributed by atoms with E-state index in [-0.39, 0.29) is 34.9 Å². The molecule has 0 N–H and O–H groups in total. The largest absolute Gasteiger partial charge is 0.510 e. The van der Waals surface area contributed by atoms with Crippen molar-refractivity contribution in [1.82, 2.24) is 9.58 Å². The fourth-order valence-corrected chi connectivity index (χ4v) is 7.15. The van der Waals surface area contributed by atoms with Crippen molar-refractivity contribution in [3.8, 4) is 5.75 Å². The summed E-state index contributed by atoms with van der Waals surface area (Å²) in [5.41, 5.74) is 1.73. The van der Waals surface area contributed by atoms with Gasteiger partial charge in [-0.3, -0.25) is 19.3 Å². The maximum Gasteiger partial charge on any atom is 0.510 e. The maximum atomic E-state index is 14.1. The fraction of sp³-hybridized carbons (Fsp3) is 0.393. The highest BCUT2D eigenvalue weighted by atomic mass is 32.2. The lowest BCUT2D eigenvalue weighted by atomic mass is 9.88. The molecule has 0 bridgehead atoms. The number of hydrogen-bond acceptors (Lipinski definition) is 9. The number of carbonyl (C=O) groups is 2. The van der Waals surface area contributed by atoms with Crippen LogP contribution in [-0.2, 0) is 14.2 Å².